The molecule has 0 radical (unpaired) electrons. The molecule has 4 heteroatoms. The molecular formula is C12H8N2OS. The fourth-order valence-electron chi connectivity index (χ4n) is 1.83. The lowest BCUT2D eigenvalue weighted by atomic mass is 10.2. The summed E-state index contributed by atoms with van der Waals surface area (Å²) in [6, 6.07) is 5.71. The van der Waals surface area contributed by atoms with Crippen molar-refractivity contribution in [3.63, 3.8) is 0 Å². The highest BCUT2D eigenvalue weighted by molar-refractivity contribution is 8.07. The number of rotatable bonds is 1. The van der Waals surface area contributed by atoms with E-state index in [4.69, 9.17) is 0 Å². The predicted octanol–water partition coefficient (Wildman–Crippen LogP) is 0.247. The van der Waals surface area contributed by atoms with Crippen LogP contribution in [0.3, 0.4) is 0 Å². The van der Waals surface area contributed by atoms with Crippen LogP contribution in [0.4, 0.5) is 0 Å². The minimum Gasteiger partial charge on any atom is -0.336 e. The summed E-state index contributed by atoms with van der Waals surface area (Å²) in [6.07, 6.45) is 5.49. The van der Waals surface area contributed by atoms with Crippen LogP contribution in [0, 0.1) is 0 Å². The Hall–Kier alpha value is -1.77. The Morgan fingerprint density at radius 1 is 1.44 bits per heavy atom. The van der Waals surface area contributed by atoms with Gasteiger partial charge in [0.2, 0.25) is 0 Å². The van der Waals surface area contributed by atoms with Crippen molar-refractivity contribution in [3.05, 3.63) is 52.9 Å². The summed E-state index contributed by atoms with van der Waals surface area (Å²) in [5.74, 6) is 2.83. The number of carbonyl (C=O) groups excluding carboxylic acids is 1. The second-order valence-corrected chi connectivity index (χ2v) is 4.45. The molecule has 1 aliphatic heterocycles. The van der Waals surface area contributed by atoms with Crippen molar-refractivity contribution in [3.8, 4) is 0 Å². The standard InChI is InChI=1S/C12H8N2OS/c15-7-10-3-5-14-8-16-12(11(10)14)9-2-1-4-13-6-9/h1-6H,8H2. The van der Waals surface area contributed by atoms with Crippen molar-refractivity contribution in [2.24, 2.45) is 0 Å². The summed E-state index contributed by atoms with van der Waals surface area (Å²) < 4.78 is 2.06. The minimum atomic E-state index is 0.629. The molecule has 16 heavy (non-hydrogen) atoms. The van der Waals surface area contributed by atoms with Gasteiger partial charge in [-0.3, -0.25) is 4.98 Å². The van der Waals surface area contributed by atoms with Crippen molar-refractivity contribution in [1.29, 1.82) is 0 Å². The zero-order valence-electron chi connectivity index (χ0n) is 8.38. The molecule has 1 aliphatic rings. The number of pyridine rings is 1. The van der Waals surface area contributed by atoms with Crippen molar-refractivity contribution >= 4 is 22.6 Å². The summed E-state index contributed by atoms with van der Waals surface area (Å²) in [5, 5.41) is 1.59. The molecule has 0 saturated heterocycles. The van der Waals surface area contributed by atoms with Gasteiger partial charge in [0.05, 0.1) is 16.4 Å². The topological polar surface area (TPSA) is 34.9 Å². The molecule has 0 fully saturated rings. The highest BCUT2D eigenvalue weighted by Crippen LogP contribution is 2.27. The summed E-state index contributed by atoms with van der Waals surface area (Å²) >= 11 is 1.72. The van der Waals surface area contributed by atoms with Gasteiger partial charge in [0.15, 0.2) is 0 Å². The third-order valence-corrected chi connectivity index (χ3v) is 3.69. The van der Waals surface area contributed by atoms with Crippen molar-refractivity contribution in [1.82, 2.24) is 9.55 Å². The first-order valence-electron chi connectivity index (χ1n) is 4.88. The van der Waals surface area contributed by atoms with Gasteiger partial charge in [-0.25, -0.2) is 4.79 Å². The Bertz CT molecular complexity index is 669. The van der Waals surface area contributed by atoms with E-state index < -0.39 is 0 Å². The molecule has 3 nitrogen and oxygen atoms in total. The lowest BCUT2D eigenvalue weighted by molar-refractivity contribution is 0.567. The quantitative estimate of drug-likeness (QED) is 0.701. The second-order valence-electron chi connectivity index (χ2n) is 3.49. The summed E-state index contributed by atoms with van der Waals surface area (Å²) in [4.78, 5) is 16.0. The van der Waals surface area contributed by atoms with E-state index in [1.807, 2.05) is 30.5 Å². The molecule has 0 aliphatic carbocycles. The van der Waals surface area contributed by atoms with E-state index in [0.717, 1.165) is 21.7 Å². The van der Waals surface area contributed by atoms with E-state index in [1.54, 1.807) is 24.0 Å². The number of aromatic nitrogens is 2. The molecular weight excluding hydrogens is 220 g/mol. The zero-order chi connectivity index (χ0) is 11.0. The van der Waals surface area contributed by atoms with Gasteiger partial charge in [0, 0.05) is 29.1 Å². The van der Waals surface area contributed by atoms with Crippen LogP contribution >= 0.6 is 11.8 Å². The largest absolute Gasteiger partial charge is 0.336 e. The lowest BCUT2D eigenvalue weighted by Crippen LogP contribution is -2.28. The molecule has 2 aromatic heterocycles. The van der Waals surface area contributed by atoms with Crippen LogP contribution in [0.5, 0.6) is 0 Å². The van der Waals surface area contributed by atoms with E-state index in [0.29, 0.717) is 5.22 Å². The fraction of sp³-hybridized carbons (Fsp3) is 0.0833. The van der Waals surface area contributed by atoms with Gasteiger partial charge in [-0.1, -0.05) is 6.07 Å². The van der Waals surface area contributed by atoms with Crippen LogP contribution in [0.2, 0.25) is 0 Å². The molecule has 0 atom stereocenters. The normalized spacial score (nSPS) is 13.6. The van der Waals surface area contributed by atoms with Gasteiger partial charge in [-0.2, -0.15) is 0 Å². The van der Waals surface area contributed by atoms with Gasteiger partial charge in [0.25, 0.3) is 0 Å². The molecule has 3 rings (SSSR count). The number of fused-ring (bicyclic) bond motifs is 1. The van der Waals surface area contributed by atoms with Gasteiger partial charge in [0.1, 0.15) is 5.94 Å². The van der Waals surface area contributed by atoms with Crippen LogP contribution < -0.4 is 10.6 Å². The van der Waals surface area contributed by atoms with Crippen LogP contribution in [0.25, 0.3) is 4.91 Å². The number of thioether (sulfide) groups is 1. The van der Waals surface area contributed by atoms with Gasteiger partial charge < -0.3 is 4.57 Å². The van der Waals surface area contributed by atoms with E-state index in [2.05, 4.69) is 9.55 Å². The van der Waals surface area contributed by atoms with Crippen LogP contribution in [0.1, 0.15) is 5.56 Å². The molecule has 0 bridgehead atoms. The maximum atomic E-state index is 10.8. The van der Waals surface area contributed by atoms with E-state index in [1.165, 1.54) is 0 Å². The van der Waals surface area contributed by atoms with E-state index >= 15 is 0 Å². The predicted molar refractivity (Wildman–Crippen MR) is 62.8 cm³/mol. The highest BCUT2D eigenvalue weighted by Gasteiger charge is 2.14. The van der Waals surface area contributed by atoms with Crippen LogP contribution in [-0.2, 0) is 10.7 Å². The lowest BCUT2D eigenvalue weighted by Gasteiger charge is -1.98. The van der Waals surface area contributed by atoms with Gasteiger partial charge >= 0.3 is 0 Å². The van der Waals surface area contributed by atoms with Crippen LogP contribution in [0.15, 0.2) is 36.8 Å². The first-order valence-corrected chi connectivity index (χ1v) is 5.86. The summed E-state index contributed by atoms with van der Waals surface area (Å²) in [6.45, 7) is 0. The summed E-state index contributed by atoms with van der Waals surface area (Å²) in [7, 11) is 0. The average Bonchev–Trinajstić information content (AvgIpc) is 2.90. The van der Waals surface area contributed by atoms with E-state index in [-0.39, 0.29) is 0 Å². The SMILES string of the molecule is O=C=c1ccn2c1=C(c1cccnc1)SC2. The van der Waals surface area contributed by atoms with Gasteiger partial charge in [-0.15, -0.1) is 11.8 Å². The Kier molecular flexibility index (Phi) is 2.17. The number of nitrogens with zero attached hydrogens (tertiary/aromatic N) is 2. The molecule has 78 valence electrons. The third-order valence-electron chi connectivity index (χ3n) is 2.56. The van der Waals surface area contributed by atoms with Crippen LogP contribution in [-0.4, -0.2) is 15.5 Å². The number of hydrogen-bond acceptors (Lipinski definition) is 3. The maximum Gasteiger partial charge on any atom is 0.134 e. The van der Waals surface area contributed by atoms with Crippen molar-refractivity contribution in [2.75, 3.05) is 0 Å². The van der Waals surface area contributed by atoms with E-state index in [9.17, 15) is 4.79 Å². The molecule has 0 spiro atoms. The first-order chi connectivity index (χ1) is 7.90. The first kappa shape index (κ1) is 9.46. The minimum absolute atomic E-state index is 0.629. The molecule has 3 heterocycles. The molecule has 0 saturated carbocycles. The second kappa shape index (κ2) is 3.67. The zero-order valence-corrected chi connectivity index (χ0v) is 9.20. The average molecular weight is 228 g/mol. The van der Waals surface area contributed by atoms with Crippen molar-refractivity contribution < 1.29 is 4.79 Å². The molecule has 0 aromatic carbocycles. The molecule has 0 N–H and O–H groups in total. The molecule has 0 amide bonds. The Morgan fingerprint density at radius 2 is 2.38 bits per heavy atom. The Labute approximate surface area is 96.1 Å². The molecule has 2 aromatic rings. The fourth-order valence-corrected chi connectivity index (χ4v) is 2.97. The number of hydrogen-bond donors (Lipinski definition) is 0. The monoisotopic (exact) mass is 228 g/mol. The summed E-state index contributed by atoms with van der Waals surface area (Å²) in [5.41, 5.74) is 1.06. The third kappa shape index (κ3) is 1.32. The Balaban J connectivity index is 2.39. The maximum absolute atomic E-state index is 10.8. The highest BCUT2D eigenvalue weighted by atomic mass is 32.2. The molecule has 0 unspecified atom stereocenters. The smallest absolute Gasteiger partial charge is 0.134 e. The Morgan fingerprint density at radius 3 is 3.12 bits per heavy atom. The van der Waals surface area contributed by atoms with Gasteiger partial charge in [-0.05, 0) is 12.1 Å². The van der Waals surface area contributed by atoms with Crippen molar-refractivity contribution in [2.45, 2.75) is 5.88 Å².